The van der Waals surface area contributed by atoms with Gasteiger partial charge in [-0.05, 0) is 0 Å². The zero-order valence-electron chi connectivity index (χ0n) is 6.46. The van der Waals surface area contributed by atoms with Crippen molar-refractivity contribution in [2.24, 2.45) is 0 Å². The summed E-state index contributed by atoms with van der Waals surface area (Å²) in [5, 5.41) is 0. The molecular weight excluding hydrogens is 112 g/mol. The van der Waals surface area contributed by atoms with E-state index in [1.54, 1.807) is 0 Å². The molecule has 0 aromatic rings. The molecule has 0 aliphatic carbocycles. The predicted molar refractivity (Wildman–Crippen MR) is 38.7 cm³/mol. The number of hydrogen-bond acceptors (Lipinski definition) is 1. The van der Waals surface area contributed by atoms with Gasteiger partial charge in [-0.2, -0.15) is 0 Å². The smallest absolute Gasteiger partial charge is 0.112 e. The lowest BCUT2D eigenvalue weighted by Gasteiger charge is -2.31. The fourth-order valence-corrected chi connectivity index (χ4v) is 0.859. The molecule has 0 aromatic carbocycles. The maximum absolute atomic E-state index is 2.21. The monoisotopic (exact) mass is 127 g/mol. The van der Waals surface area contributed by atoms with Crippen LogP contribution in [0.3, 0.4) is 0 Å². The van der Waals surface area contributed by atoms with Crippen molar-refractivity contribution in [2.45, 2.75) is 0 Å². The standard InChI is InChI=1S/C7H15N2/c1-8-4-6-9(2,3)7-5-8/h4,6H,5,7H2,1-3H3/q+1. The molecule has 0 bridgehead atoms. The van der Waals surface area contributed by atoms with Gasteiger partial charge in [0.25, 0.3) is 0 Å². The molecule has 1 aliphatic rings. The molecule has 0 amide bonds. The van der Waals surface area contributed by atoms with Gasteiger partial charge in [0.2, 0.25) is 0 Å². The highest BCUT2D eigenvalue weighted by Gasteiger charge is 2.15. The van der Waals surface area contributed by atoms with Crippen LogP contribution >= 0.6 is 0 Å². The molecule has 2 nitrogen and oxygen atoms in total. The van der Waals surface area contributed by atoms with Crippen LogP contribution in [0.4, 0.5) is 0 Å². The van der Waals surface area contributed by atoms with Gasteiger partial charge < -0.3 is 4.90 Å². The lowest BCUT2D eigenvalue weighted by atomic mass is 10.4. The first kappa shape index (κ1) is 6.62. The molecule has 0 unspecified atom stereocenters. The number of nitrogens with zero attached hydrogens (tertiary/aromatic N) is 2. The van der Waals surface area contributed by atoms with Crippen LogP contribution < -0.4 is 0 Å². The molecule has 0 N–H and O–H groups in total. The molecule has 2 heteroatoms. The second-order valence-corrected chi connectivity index (χ2v) is 3.28. The van der Waals surface area contributed by atoms with E-state index in [2.05, 4.69) is 38.4 Å². The second-order valence-electron chi connectivity index (χ2n) is 3.28. The Morgan fingerprint density at radius 1 is 1.44 bits per heavy atom. The van der Waals surface area contributed by atoms with Crippen LogP contribution in [0.25, 0.3) is 0 Å². The lowest BCUT2D eigenvalue weighted by molar-refractivity contribution is -0.841. The highest BCUT2D eigenvalue weighted by atomic mass is 15.3. The molecule has 0 saturated heterocycles. The van der Waals surface area contributed by atoms with Gasteiger partial charge in [-0.3, -0.25) is 4.48 Å². The van der Waals surface area contributed by atoms with E-state index in [-0.39, 0.29) is 0 Å². The highest BCUT2D eigenvalue weighted by Crippen LogP contribution is 2.04. The molecule has 1 aliphatic heterocycles. The first-order valence-electron chi connectivity index (χ1n) is 3.32. The largest absolute Gasteiger partial charge is 0.371 e. The van der Waals surface area contributed by atoms with Crippen LogP contribution in [0, 0.1) is 0 Å². The molecule has 9 heavy (non-hydrogen) atoms. The number of likely N-dealkylation sites (N-methyl/N-ethyl adjacent to an activating group) is 2. The van der Waals surface area contributed by atoms with Crippen LogP contribution in [0.2, 0.25) is 0 Å². The summed E-state index contributed by atoms with van der Waals surface area (Å²) in [6.07, 6.45) is 4.35. The minimum atomic E-state index is 1.02. The van der Waals surface area contributed by atoms with Crippen molar-refractivity contribution < 1.29 is 4.48 Å². The van der Waals surface area contributed by atoms with Crippen molar-refractivity contribution in [2.75, 3.05) is 34.2 Å². The summed E-state index contributed by atoms with van der Waals surface area (Å²) in [6.45, 7) is 2.39. The van der Waals surface area contributed by atoms with Crippen molar-refractivity contribution in [3.63, 3.8) is 0 Å². The topological polar surface area (TPSA) is 3.24 Å². The average Bonchev–Trinajstić information content (AvgIpc) is 1.78. The van der Waals surface area contributed by atoms with Crippen LogP contribution in [0.5, 0.6) is 0 Å². The number of rotatable bonds is 0. The van der Waals surface area contributed by atoms with Gasteiger partial charge in [-0.1, -0.05) is 0 Å². The van der Waals surface area contributed by atoms with Gasteiger partial charge in [0, 0.05) is 7.05 Å². The Kier molecular flexibility index (Phi) is 1.49. The van der Waals surface area contributed by atoms with Gasteiger partial charge in [-0.25, -0.2) is 0 Å². The first-order chi connectivity index (χ1) is 4.10. The first-order valence-corrected chi connectivity index (χ1v) is 3.32. The minimum Gasteiger partial charge on any atom is -0.371 e. The zero-order chi connectivity index (χ0) is 6.91. The van der Waals surface area contributed by atoms with E-state index in [1.165, 1.54) is 13.1 Å². The molecule has 1 rings (SSSR count). The number of quaternary nitrogens is 1. The molecule has 52 valence electrons. The minimum absolute atomic E-state index is 1.02. The molecule has 0 atom stereocenters. The predicted octanol–water partition coefficient (Wildman–Crippen LogP) is 0.479. The normalized spacial score (nSPS) is 24.6. The molecule has 0 saturated carbocycles. The Hall–Kier alpha value is -0.500. The van der Waals surface area contributed by atoms with E-state index in [9.17, 15) is 0 Å². The third-order valence-electron chi connectivity index (χ3n) is 1.75. The Morgan fingerprint density at radius 3 is 2.44 bits per heavy atom. The summed E-state index contributed by atoms with van der Waals surface area (Å²) >= 11 is 0. The van der Waals surface area contributed by atoms with E-state index in [4.69, 9.17) is 0 Å². The Balaban J connectivity index is 2.58. The third kappa shape index (κ3) is 1.72. The summed E-state index contributed by atoms with van der Waals surface area (Å²) in [4.78, 5) is 2.21. The van der Waals surface area contributed by atoms with Crippen molar-refractivity contribution in [3.8, 4) is 0 Å². The SMILES string of the molecule is CN1C=C[N+](C)(C)CC1. The third-order valence-corrected chi connectivity index (χ3v) is 1.75. The highest BCUT2D eigenvalue weighted by molar-refractivity contribution is 4.77. The summed E-state index contributed by atoms with van der Waals surface area (Å²) in [7, 11) is 6.53. The van der Waals surface area contributed by atoms with Crippen molar-refractivity contribution in [1.29, 1.82) is 0 Å². The van der Waals surface area contributed by atoms with Crippen molar-refractivity contribution in [3.05, 3.63) is 12.4 Å². The van der Waals surface area contributed by atoms with Gasteiger partial charge >= 0.3 is 0 Å². The fourth-order valence-electron chi connectivity index (χ4n) is 0.859. The Bertz CT molecular complexity index is 127. The summed E-state index contributed by atoms with van der Waals surface area (Å²) in [5.41, 5.74) is 0. The van der Waals surface area contributed by atoms with E-state index < -0.39 is 0 Å². The van der Waals surface area contributed by atoms with E-state index in [0.717, 1.165) is 4.48 Å². The van der Waals surface area contributed by atoms with Gasteiger partial charge in [0.1, 0.15) is 12.7 Å². The molecule has 0 radical (unpaired) electrons. The molecule has 0 fully saturated rings. The Labute approximate surface area is 57.0 Å². The van der Waals surface area contributed by atoms with Crippen molar-refractivity contribution in [1.82, 2.24) is 4.90 Å². The lowest BCUT2D eigenvalue weighted by Crippen LogP contribution is -2.42. The van der Waals surface area contributed by atoms with Gasteiger partial charge in [0.05, 0.1) is 26.8 Å². The van der Waals surface area contributed by atoms with Crippen LogP contribution in [-0.2, 0) is 0 Å². The van der Waals surface area contributed by atoms with Crippen LogP contribution in [-0.4, -0.2) is 43.6 Å². The van der Waals surface area contributed by atoms with E-state index in [0.29, 0.717) is 0 Å². The second kappa shape index (κ2) is 2.03. The zero-order valence-corrected chi connectivity index (χ0v) is 6.46. The fraction of sp³-hybridized carbons (Fsp3) is 0.714. The molecule has 0 aromatic heterocycles. The molecular formula is C7H15N2+. The molecule has 0 spiro atoms. The molecule has 1 heterocycles. The van der Waals surface area contributed by atoms with Crippen LogP contribution in [0.1, 0.15) is 0 Å². The quantitative estimate of drug-likeness (QED) is 0.428. The summed E-state index contributed by atoms with van der Waals surface area (Å²) < 4.78 is 1.02. The van der Waals surface area contributed by atoms with Crippen molar-refractivity contribution >= 4 is 0 Å². The Morgan fingerprint density at radius 2 is 2.11 bits per heavy atom. The summed E-state index contributed by atoms with van der Waals surface area (Å²) in [5.74, 6) is 0. The van der Waals surface area contributed by atoms with E-state index >= 15 is 0 Å². The maximum atomic E-state index is 2.21. The van der Waals surface area contributed by atoms with Crippen LogP contribution in [0.15, 0.2) is 12.4 Å². The van der Waals surface area contributed by atoms with E-state index in [1.807, 2.05) is 0 Å². The maximum Gasteiger partial charge on any atom is 0.112 e. The number of hydrogen-bond donors (Lipinski definition) is 0. The van der Waals surface area contributed by atoms with Gasteiger partial charge in [-0.15, -0.1) is 0 Å². The summed E-state index contributed by atoms with van der Waals surface area (Å²) in [6, 6.07) is 0. The van der Waals surface area contributed by atoms with Gasteiger partial charge in [0.15, 0.2) is 0 Å². The average molecular weight is 127 g/mol.